The molecule has 1 aromatic heterocycles. The van der Waals surface area contributed by atoms with Gasteiger partial charge in [0.25, 0.3) is 0 Å². The van der Waals surface area contributed by atoms with Crippen molar-refractivity contribution in [3.63, 3.8) is 0 Å². The van der Waals surface area contributed by atoms with Crippen LogP contribution in [0.25, 0.3) is 0 Å². The fourth-order valence-corrected chi connectivity index (χ4v) is 1.91. The number of pyridine rings is 1. The van der Waals surface area contributed by atoms with E-state index >= 15 is 0 Å². The predicted octanol–water partition coefficient (Wildman–Crippen LogP) is 4.11. The topological polar surface area (TPSA) is 48.7 Å². The molecule has 2 rings (SSSR count). The van der Waals surface area contributed by atoms with Crippen molar-refractivity contribution in [2.24, 2.45) is 0 Å². The summed E-state index contributed by atoms with van der Waals surface area (Å²) in [7, 11) is 0. The highest BCUT2D eigenvalue weighted by molar-refractivity contribution is 9.10. The number of rotatable bonds is 2. The molecular weight excluding hydrogens is 302 g/mol. The van der Waals surface area contributed by atoms with E-state index in [9.17, 15) is 0 Å². The van der Waals surface area contributed by atoms with Gasteiger partial charge in [0.1, 0.15) is 11.9 Å². The molecule has 0 fully saturated rings. The Kier molecular flexibility index (Phi) is 3.62. The Labute approximate surface area is 112 Å². The van der Waals surface area contributed by atoms with Gasteiger partial charge in [0, 0.05) is 6.20 Å². The lowest BCUT2D eigenvalue weighted by atomic mass is 10.3. The zero-order valence-electron chi connectivity index (χ0n) is 8.61. The van der Waals surface area contributed by atoms with E-state index in [-0.39, 0.29) is 0 Å². The Balaban J connectivity index is 2.32. The molecule has 5 heteroatoms. The maximum absolute atomic E-state index is 8.73. The fourth-order valence-electron chi connectivity index (χ4n) is 1.28. The molecule has 0 spiro atoms. The molecule has 0 aliphatic carbocycles. The van der Waals surface area contributed by atoms with Crippen LogP contribution in [0.3, 0.4) is 0 Å². The number of nitriles is 1. The van der Waals surface area contributed by atoms with Crippen LogP contribution in [0.1, 0.15) is 5.56 Å². The third-order valence-electron chi connectivity index (χ3n) is 2.10. The minimum atomic E-state index is 0.501. The molecule has 2 aromatic rings. The summed E-state index contributed by atoms with van der Waals surface area (Å²) < 4.78 is 0.719. The SMILES string of the molecule is N#Cc1cnc(Nc2ccccc2Cl)c(Br)c1. The number of anilines is 2. The van der Waals surface area contributed by atoms with Crippen LogP contribution in [0.15, 0.2) is 41.0 Å². The highest BCUT2D eigenvalue weighted by atomic mass is 79.9. The molecule has 84 valence electrons. The van der Waals surface area contributed by atoms with Crippen LogP contribution in [0.5, 0.6) is 0 Å². The molecule has 0 bridgehead atoms. The zero-order chi connectivity index (χ0) is 12.3. The standard InChI is InChI=1S/C12H7BrClN3/c13-9-5-8(6-15)7-16-12(9)17-11-4-2-1-3-10(11)14/h1-5,7H,(H,16,17). The van der Waals surface area contributed by atoms with Gasteiger partial charge in [0.2, 0.25) is 0 Å². The number of nitrogens with one attached hydrogen (secondary N) is 1. The predicted molar refractivity (Wildman–Crippen MR) is 71.4 cm³/mol. The summed E-state index contributed by atoms with van der Waals surface area (Å²) in [5.41, 5.74) is 1.27. The van der Waals surface area contributed by atoms with Gasteiger partial charge in [0.15, 0.2) is 0 Å². The molecule has 0 aliphatic heterocycles. The van der Waals surface area contributed by atoms with Crippen LogP contribution in [0, 0.1) is 11.3 Å². The van der Waals surface area contributed by atoms with E-state index < -0.39 is 0 Å². The van der Waals surface area contributed by atoms with Gasteiger partial charge in [-0.05, 0) is 34.1 Å². The molecule has 0 aliphatic rings. The molecule has 1 aromatic carbocycles. The van der Waals surface area contributed by atoms with Gasteiger partial charge in [-0.3, -0.25) is 0 Å². The monoisotopic (exact) mass is 307 g/mol. The zero-order valence-corrected chi connectivity index (χ0v) is 11.0. The normalized spacial score (nSPS) is 9.71. The fraction of sp³-hybridized carbons (Fsp3) is 0. The van der Waals surface area contributed by atoms with Gasteiger partial charge in [-0.1, -0.05) is 23.7 Å². The Morgan fingerprint density at radius 1 is 1.35 bits per heavy atom. The van der Waals surface area contributed by atoms with Gasteiger partial charge < -0.3 is 5.32 Å². The lowest BCUT2D eigenvalue weighted by Crippen LogP contribution is -1.95. The molecule has 17 heavy (non-hydrogen) atoms. The number of para-hydroxylation sites is 1. The van der Waals surface area contributed by atoms with E-state index in [1.807, 2.05) is 24.3 Å². The summed E-state index contributed by atoms with van der Waals surface area (Å²) >= 11 is 9.38. The number of benzene rings is 1. The molecule has 0 saturated carbocycles. The molecule has 0 radical (unpaired) electrons. The Hall–Kier alpha value is -1.57. The number of aromatic nitrogens is 1. The minimum absolute atomic E-state index is 0.501. The molecule has 0 saturated heterocycles. The van der Waals surface area contributed by atoms with E-state index in [4.69, 9.17) is 16.9 Å². The Morgan fingerprint density at radius 2 is 2.12 bits per heavy atom. The summed E-state index contributed by atoms with van der Waals surface area (Å²) in [4.78, 5) is 4.15. The summed E-state index contributed by atoms with van der Waals surface area (Å²) in [6, 6.07) is 11.1. The van der Waals surface area contributed by atoms with E-state index in [2.05, 4.69) is 26.2 Å². The second-order valence-corrected chi connectivity index (χ2v) is 4.53. The average molecular weight is 309 g/mol. The second-order valence-electron chi connectivity index (χ2n) is 3.27. The molecule has 1 heterocycles. The first-order chi connectivity index (χ1) is 8.20. The van der Waals surface area contributed by atoms with Gasteiger partial charge >= 0.3 is 0 Å². The van der Waals surface area contributed by atoms with Gasteiger partial charge in [-0.15, -0.1) is 0 Å². The third-order valence-corrected chi connectivity index (χ3v) is 3.03. The first-order valence-electron chi connectivity index (χ1n) is 4.78. The average Bonchev–Trinajstić information content (AvgIpc) is 2.34. The number of hydrogen-bond donors (Lipinski definition) is 1. The van der Waals surface area contributed by atoms with Crippen molar-refractivity contribution >= 4 is 39.0 Å². The van der Waals surface area contributed by atoms with E-state index in [1.54, 1.807) is 12.1 Å². The Morgan fingerprint density at radius 3 is 2.76 bits per heavy atom. The highest BCUT2D eigenvalue weighted by Crippen LogP contribution is 2.28. The van der Waals surface area contributed by atoms with Gasteiger partial charge in [-0.25, -0.2) is 4.98 Å². The van der Waals surface area contributed by atoms with Gasteiger partial charge in [0.05, 0.1) is 20.7 Å². The summed E-state index contributed by atoms with van der Waals surface area (Å²) in [5.74, 6) is 0.622. The first-order valence-corrected chi connectivity index (χ1v) is 5.95. The minimum Gasteiger partial charge on any atom is -0.338 e. The Bertz CT molecular complexity index is 593. The van der Waals surface area contributed by atoms with Crippen LogP contribution >= 0.6 is 27.5 Å². The molecular formula is C12H7BrClN3. The highest BCUT2D eigenvalue weighted by Gasteiger charge is 2.05. The number of halogens is 2. The van der Waals surface area contributed by atoms with Gasteiger partial charge in [-0.2, -0.15) is 5.26 Å². The maximum atomic E-state index is 8.73. The van der Waals surface area contributed by atoms with Crippen LogP contribution in [0.4, 0.5) is 11.5 Å². The van der Waals surface area contributed by atoms with Crippen LogP contribution in [-0.4, -0.2) is 4.98 Å². The van der Waals surface area contributed by atoms with Crippen molar-refractivity contribution in [2.45, 2.75) is 0 Å². The molecule has 0 unspecified atom stereocenters. The quantitative estimate of drug-likeness (QED) is 0.908. The van der Waals surface area contributed by atoms with Crippen LogP contribution in [-0.2, 0) is 0 Å². The van der Waals surface area contributed by atoms with Crippen molar-refractivity contribution in [3.8, 4) is 6.07 Å². The van der Waals surface area contributed by atoms with Crippen molar-refractivity contribution in [1.82, 2.24) is 4.98 Å². The summed E-state index contributed by atoms with van der Waals surface area (Å²) in [5, 5.41) is 12.4. The first kappa shape index (κ1) is 11.9. The van der Waals surface area contributed by atoms with E-state index in [0.717, 1.165) is 10.2 Å². The number of nitrogens with zero attached hydrogens (tertiary/aromatic N) is 2. The lowest BCUT2D eigenvalue weighted by Gasteiger charge is -2.08. The smallest absolute Gasteiger partial charge is 0.144 e. The lowest BCUT2D eigenvalue weighted by molar-refractivity contribution is 1.27. The van der Waals surface area contributed by atoms with Crippen LogP contribution < -0.4 is 5.32 Å². The largest absolute Gasteiger partial charge is 0.338 e. The van der Waals surface area contributed by atoms with Crippen molar-refractivity contribution in [3.05, 3.63) is 51.6 Å². The maximum Gasteiger partial charge on any atom is 0.144 e. The summed E-state index contributed by atoms with van der Waals surface area (Å²) in [6.45, 7) is 0. The van der Waals surface area contributed by atoms with E-state index in [1.165, 1.54) is 6.20 Å². The molecule has 0 atom stereocenters. The van der Waals surface area contributed by atoms with Crippen LogP contribution in [0.2, 0.25) is 5.02 Å². The summed E-state index contributed by atoms with van der Waals surface area (Å²) in [6.07, 6.45) is 1.50. The molecule has 3 nitrogen and oxygen atoms in total. The van der Waals surface area contributed by atoms with Crippen molar-refractivity contribution in [2.75, 3.05) is 5.32 Å². The second kappa shape index (κ2) is 5.17. The van der Waals surface area contributed by atoms with Crippen molar-refractivity contribution < 1.29 is 0 Å². The molecule has 1 N–H and O–H groups in total. The number of hydrogen-bond acceptors (Lipinski definition) is 3. The van der Waals surface area contributed by atoms with Crippen molar-refractivity contribution in [1.29, 1.82) is 5.26 Å². The third kappa shape index (κ3) is 2.76. The molecule has 0 amide bonds. The van der Waals surface area contributed by atoms with E-state index in [0.29, 0.717) is 16.4 Å².